The van der Waals surface area contributed by atoms with E-state index >= 15 is 0 Å². The lowest BCUT2D eigenvalue weighted by molar-refractivity contribution is 0.219. The van der Waals surface area contributed by atoms with Crippen LogP contribution in [0.25, 0.3) is 0 Å². The zero-order valence-electron chi connectivity index (χ0n) is 10.5. The van der Waals surface area contributed by atoms with Gasteiger partial charge in [-0.3, -0.25) is 0 Å². The highest BCUT2D eigenvalue weighted by Crippen LogP contribution is 2.33. The topological polar surface area (TPSA) is 20.2 Å². The second-order valence-corrected chi connectivity index (χ2v) is 5.99. The molecular weight excluding hydrogens is 378 g/mol. The van der Waals surface area contributed by atoms with Gasteiger partial charge in [0.15, 0.2) is 0 Å². The van der Waals surface area contributed by atoms with Crippen molar-refractivity contribution in [3.63, 3.8) is 0 Å². The number of benzene rings is 2. The number of aryl methyl sites for hydroxylation is 2. The normalized spacial score (nSPS) is 12.5. The number of hydrogen-bond donors (Lipinski definition) is 1. The molecule has 2 aromatic rings. The van der Waals surface area contributed by atoms with Crippen molar-refractivity contribution in [3.05, 3.63) is 67.0 Å². The van der Waals surface area contributed by atoms with E-state index in [0.29, 0.717) is 11.1 Å². The van der Waals surface area contributed by atoms with Crippen molar-refractivity contribution in [2.75, 3.05) is 0 Å². The van der Waals surface area contributed by atoms with Gasteiger partial charge in [0.2, 0.25) is 0 Å². The van der Waals surface area contributed by atoms with Gasteiger partial charge in [0, 0.05) is 14.2 Å². The molecule has 1 N–H and O–H groups in total. The average Bonchev–Trinajstić information content (AvgIpc) is 2.36. The Hall–Kier alpha value is -0.650. The fraction of sp³-hybridized carbons (Fsp3) is 0.200. The van der Waals surface area contributed by atoms with E-state index in [2.05, 4.69) is 22.6 Å². The lowest BCUT2D eigenvalue weighted by atomic mass is 9.98. The molecular formula is C15H13ClFIO. The Morgan fingerprint density at radius 2 is 1.84 bits per heavy atom. The molecule has 1 nitrogen and oxygen atoms in total. The third-order valence-electron chi connectivity index (χ3n) is 3.09. The van der Waals surface area contributed by atoms with Crippen LogP contribution in [-0.2, 0) is 0 Å². The number of hydrogen-bond acceptors (Lipinski definition) is 1. The van der Waals surface area contributed by atoms with E-state index in [1.54, 1.807) is 13.0 Å². The second kappa shape index (κ2) is 5.77. The van der Waals surface area contributed by atoms with E-state index < -0.39 is 6.10 Å². The van der Waals surface area contributed by atoms with E-state index in [-0.39, 0.29) is 10.8 Å². The molecule has 0 spiro atoms. The summed E-state index contributed by atoms with van der Waals surface area (Å²) in [7, 11) is 0. The largest absolute Gasteiger partial charge is 0.384 e. The second-order valence-electron chi connectivity index (χ2n) is 4.50. The van der Waals surface area contributed by atoms with Crippen molar-refractivity contribution >= 4 is 34.2 Å². The zero-order valence-corrected chi connectivity index (χ0v) is 13.5. The Balaban J connectivity index is 2.53. The summed E-state index contributed by atoms with van der Waals surface area (Å²) >= 11 is 8.23. The Morgan fingerprint density at radius 3 is 2.53 bits per heavy atom. The molecule has 0 aromatic heterocycles. The summed E-state index contributed by atoms with van der Waals surface area (Å²) in [4.78, 5) is 0. The van der Waals surface area contributed by atoms with Gasteiger partial charge in [-0.05, 0) is 65.3 Å². The smallest absolute Gasteiger partial charge is 0.127 e. The molecule has 0 heterocycles. The molecule has 0 aliphatic heterocycles. The third-order valence-corrected chi connectivity index (χ3v) is 4.89. The van der Waals surface area contributed by atoms with Crippen molar-refractivity contribution in [1.29, 1.82) is 0 Å². The maximum Gasteiger partial charge on any atom is 0.127 e. The summed E-state index contributed by atoms with van der Waals surface area (Å²) in [6.07, 6.45) is -0.849. The average molecular weight is 391 g/mol. The minimum atomic E-state index is -0.849. The lowest BCUT2D eigenvalue weighted by Crippen LogP contribution is -2.05. The predicted molar refractivity (Wildman–Crippen MR) is 84.1 cm³/mol. The van der Waals surface area contributed by atoms with Crippen molar-refractivity contribution in [2.24, 2.45) is 0 Å². The molecule has 4 heteroatoms. The van der Waals surface area contributed by atoms with Crippen LogP contribution in [0.4, 0.5) is 4.39 Å². The molecule has 0 saturated heterocycles. The summed E-state index contributed by atoms with van der Waals surface area (Å²) < 4.78 is 14.4. The summed E-state index contributed by atoms with van der Waals surface area (Å²) in [5.41, 5.74) is 2.88. The van der Waals surface area contributed by atoms with Gasteiger partial charge in [-0.1, -0.05) is 29.8 Å². The minimum absolute atomic E-state index is 0.243. The summed E-state index contributed by atoms with van der Waals surface area (Å²) in [6.45, 7) is 3.64. The van der Waals surface area contributed by atoms with Crippen LogP contribution in [0.15, 0.2) is 30.3 Å². The molecule has 19 heavy (non-hydrogen) atoms. The highest BCUT2D eigenvalue weighted by Gasteiger charge is 2.18. The van der Waals surface area contributed by atoms with Crippen LogP contribution in [0.3, 0.4) is 0 Å². The first-order valence-electron chi connectivity index (χ1n) is 5.80. The lowest BCUT2D eigenvalue weighted by Gasteiger charge is -2.17. The van der Waals surface area contributed by atoms with Gasteiger partial charge in [-0.2, -0.15) is 0 Å². The van der Waals surface area contributed by atoms with Crippen molar-refractivity contribution < 1.29 is 9.50 Å². The number of aliphatic hydroxyl groups is 1. The predicted octanol–water partition coefficient (Wildman–Crippen LogP) is 4.78. The van der Waals surface area contributed by atoms with Gasteiger partial charge in [0.25, 0.3) is 0 Å². The Morgan fingerprint density at radius 1 is 1.16 bits per heavy atom. The van der Waals surface area contributed by atoms with Crippen LogP contribution in [0.2, 0.25) is 5.02 Å². The van der Waals surface area contributed by atoms with Gasteiger partial charge in [0.05, 0.1) is 0 Å². The van der Waals surface area contributed by atoms with Gasteiger partial charge >= 0.3 is 0 Å². The van der Waals surface area contributed by atoms with Gasteiger partial charge in [0.1, 0.15) is 11.9 Å². The molecule has 1 atom stereocenters. The first-order valence-corrected chi connectivity index (χ1v) is 7.26. The Labute approximate surface area is 130 Å². The van der Waals surface area contributed by atoms with E-state index in [9.17, 15) is 9.50 Å². The fourth-order valence-corrected chi connectivity index (χ4v) is 2.85. The molecule has 0 aliphatic carbocycles. The number of aliphatic hydroxyl groups excluding tert-OH is 1. The first kappa shape index (κ1) is 14.8. The maximum atomic E-state index is 13.4. The molecule has 0 bridgehead atoms. The van der Waals surface area contributed by atoms with Gasteiger partial charge < -0.3 is 5.11 Å². The zero-order chi connectivity index (χ0) is 14.2. The third kappa shape index (κ3) is 2.93. The Bertz CT molecular complexity index is 628. The molecule has 0 saturated carbocycles. The number of halogens is 3. The van der Waals surface area contributed by atoms with Crippen molar-refractivity contribution in [2.45, 2.75) is 20.0 Å². The molecule has 0 fully saturated rings. The first-order chi connectivity index (χ1) is 8.91. The SMILES string of the molecule is Cc1cc(C(O)c2cccc(C)c2I)c(Cl)cc1F. The molecule has 0 radical (unpaired) electrons. The van der Waals surface area contributed by atoms with Gasteiger partial charge in [-0.25, -0.2) is 4.39 Å². The van der Waals surface area contributed by atoms with Crippen molar-refractivity contribution in [3.8, 4) is 0 Å². The summed E-state index contributed by atoms with van der Waals surface area (Å²) in [6, 6.07) is 8.57. The number of rotatable bonds is 2. The highest BCUT2D eigenvalue weighted by molar-refractivity contribution is 14.1. The highest BCUT2D eigenvalue weighted by atomic mass is 127. The van der Waals surface area contributed by atoms with Crippen LogP contribution < -0.4 is 0 Å². The van der Waals surface area contributed by atoms with E-state index in [4.69, 9.17) is 11.6 Å². The van der Waals surface area contributed by atoms with E-state index in [0.717, 1.165) is 14.7 Å². The summed E-state index contributed by atoms with van der Waals surface area (Å²) in [5, 5.41) is 10.7. The monoisotopic (exact) mass is 390 g/mol. The quantitative estimate of drug-likeness (QED) is 0.732. The molecule has 2 rings (SSSR count). The molecule has 0 aliphatic rings. The standard InChI is InChI=1S/C15H13ClFIO/c1-8-4-3-5-10(14(8)18)15(19)11-6-9(2)13(17)7-12(11)16/h3-7,15,19H,1-2H3. The molecule has 0 amide bonds. The van der Waals surface area contributed by atoms with Crippen LogP contribution in [0, 0.1) is 23.2 Å². The Kier molecular flexibility index (Phi) is 4.48. The summed E-state index contributed by atoms with van der Waals surface area (Å²) in [5.74, 6) is -0.361. The van der Waals surface area contributed by atoms with Crippen molar-refractivity contribution in [1.82, 2.24) is 0 Å². The van der Waals surface area contributed by atoms with Crippen LogP contribution in [-0.4, -0.2) is 5.11 Å². The van der Waals surface area contributed by atoms with Crippen LogP contribution in [0.5, 0.6) is 0 Å². The molecule has 100 valence electrons. The van der Waals surface area contributed by atoms with Crippen LogP contribution in [0.1, 0.15) is 28.4 Å². The minimum Gasteiger partial charge on any atom is -0.384 e. The molecule has 1 unspecified atom stereocenters. The molecule has 2 aromatic carbocycles. The fourth-order valence-electron chi connectivity index (χ4n) is 1.94. The van der Waals surface area contributed by atoms with Gasteiger partial charge in [-0.15, -0.1) is 0 Å². The van der Waals surface area contributed by atoms with Crippen LogP contribution >= 0.6 is 34.2 Å². The van der Waals surface area contributed by atoms with E-state index in [1.165, 1.54) is 6.07 Å². The maximum absolute atomic E-state index is 13.4. The van der Waals surface area contributed by atoms with E-state index in [1.807, 2.05) is 25.1 Å².